The number of aliphatic hydroxyl groups is 1. The number of hydrogen-bond acceptors (Lipinski definition) is 6. The molecular formula is C16H23N3O3. The van der Waals surface area contributed by atoms with Gasteiger partial charge in [-0.1, -0.05) is 35.5 Å². The molecule has 1 heterocycles. The van der Waals surface area contributed by atoms with Gasteiger partial charge < -0.3 is 14.4 Å². The molecule has 0 saturated heterocycles. The molecule has 0 aliphatic carbocycles. The van der Waals surface area contributed by atoms with Gasteiger partial charge in [0.15, 0.2) is 5.82 Å². The molecule has 0 radical (unpaired) electrons. The molecule has 0 aliphatic rings. The van der Waals surface area contributed by atoms with Crippen molar-refractivity contribution in [2.24, 2.45) is 0 Å². The topological polar surface area (TPSA) is 71.6 Å². The molecule has 2 rings (SSSR count). The molecule has 120 valence electrons. The zero-order valence-electron chi connectivity index (χ0n) is 13.3. The number of ether oxygens (including phenoxy) is 1. The highest BCUT2D eigenvalue weighted by atomic mass is 16.5. The maximum absolute atomic E-state index is 10.1. The molecule has 0 spiro atoms. The zero-order valence-corrected chi connectivity index (χ0v) is 13.3. The molecule has 22 heavy (non-hydrogen) atoms. The summed E-state index contributed by atoms with van der Waals surface area (Å²) in [6.45, 7) is 5.59. The normalized spacial score (nSPS) is 12.0. The van der Waals surface area contributed by atoms with E-state index in [4.69, 9.17) is 9.26 Å². The smallest absolute Gasteiger partial charge is 0.240 e. The van der Waals surface area contributed by atoms with Crippen LogP contribution in [0.15, 0.2) is 34.9 Å². The van der Waals surface area contributed by atoms with Gasteiger partial charge >= 0.3 is 0 Å². The second-order valence-corrected chi connectivity index (χ2v) is 5.98. The molecule has 6 heteroatoms. The molecule has 6 nitrogen and oxygen atoms in total. The van der Waals surface area contributed by atoms with Crippen LogP contribution in [-0.2, 0) is 24.4 Å². The fourth-order valence-corrected chi connectivity index (χ4v) is 2.29. The van der Waals surface area contributed by atoms with Crippen LogP contribution in [-0.4, -0.2) is 39.4 Å². The molecule has 0 fully saturated rings. The highest BCUT2D eigenvalue weighted by Crippen LogP contribution is 2.13. The van der Waals surface area contributed by atoms with E-state index in [1.54, 1.807) is 21.0 Å². The summed E-state index contributed by atoms with van der Waals surface area (Å²) < 4.78 is 10.2. The van der Waals surface area contributed by atoms with E-state index in [1.165, 1.54) is 5.56 Å². The minimum absolute atomic E-state index is 0.327. The first-order valence-corrected chi connectivity index (χ1v) is 7.25. The van der Waals surface area contributed by atoms with Crippen LogP contribution in [0, 0.1) is 0 Å². The van der Waals surface area contributed by atoms with Crippen molar-refractivity contribution in [1.29, 1.82) is 0 Å². The van der Waals surface area contributed by atoms with Crippen LogP contribution >= 0.6 is 0 Å². The monoisotopic (exact) mass is 305 g/mol. The average Bonchev–Trinajstić information content (AvgIpc) is 2.86. The van der Waals surface area contributed by atoms with Gasteiger partial charge in [0, 0.05) is 20.2 Å². The third-order valence-electron chi connectivity index (χ3n) is 3.00. The Kier molecular flexibility index (Phi) is 5.65. The van der Waals surface area contributed by atoms with E-state index in [0.29, 0.717) is 38.0 Å². The third kappa shape index (κ3) is 5.55. The number of benzene rings is 1. The van der Waals surface area contributed by atoms with Crippen molar-refractivity contribution >= 4 is 0 Å². The van der Waals surface area contributed by atoms with Crippen molar-refractivity contribution in [2.45, 2.75) is 39.1 Å². The maximum Gasteiger partial charge on any atom is 0.240 e. The molecule has 0 atom stereocenters. The molecule has 1 N–H and O–H groups in total. The van der Waals surface area contributed by atoms with E-state index in [0.717, 1.165) is 0 Å². The van der Waals surface area contributed by atoms with Gasteiger partial charge in [0.2, 0.25) is 5.89 Å². The van der Waals surface area contributed by atoms with Crippen LogP contribution in [0.5, 0.6) is 0 Å². The van der Waals surface area contributed by atoms with Crippen molar-refractivity contribution in [3.8, 4) is 0 Å². The Morgan fingerprint density at radius 2 is 1.95 bits per heavy atom. The summed E-state index contributed by atoms with van der Waals surface area (Å²) >= 11 is 0. The number of aromatic nitrogens is 2. The second kappa shape index (κ2) is 7.49. The highest BCUT2D eigenvalue weighted by molar-refractivity contribution is 5.14. The molecule has 2 aromatic rings. The SMILES string of the molecule is COCc1noc(CN(Cc2ccccc2)CC(C)(C)O)n1. The summed E-state index contributed by atoms with van der Waals surface area (Å²) in [4.78, 5) is 6.37. The van der Waals surface area contributed by atoms with Crippen molar-refractivity contribution in [1.82, 2.24) is 15.0 Å². The quantitative estimate of drug-likeness (QED) is 0.804. The number of hydrogen-bond donors (Lipinski definition) is 1. The van der Waals surface area contributed by atoms with E-state index >= 15 is 0 Å². The molecule has 1 aromatic heterocycles. The molecule has 0 amide bonds. The Bertz CT molecular complexity index is 564. The van der Waals surface area contributed by atoms with E-state index in [1.807, 2.05) is 18.2 Å². The fourth-order valence-electron chi connectivity index (χ4n) is 2.29. The van der Waals surface area contributed by atoms with E-state index in [9.17, 15) is 5.11 Å². The predicted octanol–water partition coefficient (Wildman–Crippen LogP) is 1.99. The van der Waals surface area contributed by atoms with Crippen LogP contribution in [0.4, 0.5) is 0 Å². The molecule has 0 bridgehead atoms. The van der Waals surface area contributed by atoms with Gasteiger partial charge in [-0.25, -0.2) is 0 Å². The predicted molar refractivity (Wildman–Crippen MR) is 81.9 cm³/mol. The summed E-state index contributed by atoms with van der Waals surface area (Å²) in [5.74, 6) is 1.05. The van der Waals surface area contributed by atoms with Gasteiger partial charge in [-0.2, -0.15) is 4.98 Å². The first-order chi connectivity index (χ1) is 10.5. The van der Waals surface area contributed by atoms with E-state index in [-0.39, 0.29) is 0 Å². The summed E-state index contributed by atoms with van der Waals surface area (Å²) in [5, 5.41) is 14.0. The maximum atomic E-state index is 10.1. The molecule has 0 aliphatic heterocycles. The third-order valence-corrected chi connectivity index (χ3v) is 3.00. The van der Waals surface area contributed by atoms with Gasteiger partial charge in [0.1, 0.15) is 6.61 Å². The summed E-state index contributed by atoms with van der Waals surface area (Å²) in [6.07, 6.45) is 0. The zero-order chi connectivity index (χ0) is 16.0. The number of rotatable bonds is 8. The standard InChI is InChI=1S/C16H23N3O3/c1-16(2,20)12-19(9-13-7-5-4-6-8-13)10-15-17-14(11-21-3)18-22-15/h4-8,20H,9-12H2,1-3H3. The Morgan fingerprint density at radius 1 is 1.23 bits per heavy atom. The van der Waals surface area contributed by atoms with Crippen molar-refractivity contribution in [2.75, 3.05) is 13.7 Å². The molecule has 0 saturated carbocycles. The summed E-state index contributed by atoms with van der Waals surface area (Å²) in [5.41, 5.74) is 0.368. The average molecular weight is 305 g/mol. The van der Waals surface area contributed by atoms with Crippen molar-refractivity contribution < 1.29 is 14.4 Å². The molecular weight excluding hydrogens is 282 g/mol. The lowest BCUT2D eigenvalue weighted by molar-refractivity contribution is 0.0273. The van der Waals surface area contributed by atoms with Crippen LogP contribution in [0.25, 0.3) is 0 Å². The van der Waals surface area contributed by atoms with Gasteiger partial charge in [-0.05, 0) is 19.4 Å². The fraction of sp³-hybridized carbons (Fsp3) is 0.500. The van der Waals surface area contributed by atoms with E-state index in [2.05, 4.69) is 27.2 Å². The summed E-state index contributed by atoms with van der Waals surface area (Å²) in [6, 6.07) is 10.1. The van der Waals surface area contributed by atoms with Gasteiger partial charge in [-0.3, -0.25) is 4.90 Å². The Balaban J connectivity index is 2.06. The van der Waals surface area contributed by atoms with Crippen LogP contribution in [0.3, 0.4) is 0 Å². The lowest BCUT2D eigenvalue weighted by Crippen LogP contribution is -2.38. The first kappa shape index (κ1) is 16.6. The molecule has 1 aromatic carbocycles. The van der Waals surface area contributed by atoms with Crippen LogP contribution in [0.2, 0.25) is 0 Å². The van der Waals surface area contributed by atoms with Gasteiger partial charge in [-0.15, -0.1) is 0 Å². The largest absolute Gasteiger partial charge is 0.389 e. The Labute approximate surface area is 130 Å². The second-order valence-electron chi connectivity index (χ2n) is 5.98. The Hall–Kier alpha value is -1.76. The minimum atomic E-state index is -0.801. The first-order valence-electron chi connectivity index (χ1n) is 7.25. The van der Waals surface area contributed by atoms with Crippen molar-refractivity contribution in [3.63, 3.8) is 0 Å². The van der Waals surface area contributed by atoms with E-state index < -0.39 is 5.60 Å². The van der Waals surface area contributed by atoms with Crippen LogP contribution in [0.1, 0.15) is 31.1 Å². The highest BCUT2D eigenvalue weighted by Gasteiger charge is 2.20. The lowest BCUT2D eigenvalue weighted by Gasteiger charge is -2.27. The van der Waals surface area contributed by atoms with Gasteiger partial charge in [0.25, 0.3) is 0 Å². The summed E-state index contributed by atoms with van der Waals surface area (Å²) in [7, 11) is 1.59. The van der Waals surface area contributed by atoms with Gasteiger partial charge in [0.05, 0.1) is 12.1 Å². The number of nitrogens with zero attached hydrogens (tertiary/aromatic N) is 3. The van der Waals surface area contributed by atoms with Crippen LogP contribution < -0.4 is 0 Å². The Morgan fingerprint density at radius 3 is 2.59 bits per heavy atom. The minimum Gasteiger partial charge on any atom is -0.389 e. The van der Waals surface area contributed by atoms with Crippen molar-refractivity contribution in [3.05, 3.63) is 47.6 Å². The number of methoxy groups -OCH3 is 1. The lowest BCUT2D eigenvalue weighted by atomic mass is 10.1. The molecule has 0 unspecified atom stereocenters.